The third-order valence-electron chi connectivity index (χ3n) is 7.40. The zero-order chi connectivity index (χ0) is 21.6. The molecule has 7 heteroatoms. The van der Waals surface area contributed by atoms with Crippen LogP contribution in [0.4, 0.5) is 0 Å². The number of ether oxygens (including phenoxy) is 1. The lowest BCUT2D eigenvalue weighted by Gasteiger charge is -2.56. The number of thioether (sulfide) groups is 1. The second-order valence-electron chi connectivity index (χ2n) is 9.93. The monoisotopic (exact) mass is 441 g/mol. The highest BCUT2D eigenvalue weighted by atomic mass is 32.2. The Hall–Kier alpha value is -1.86. The molecular formula is C24H31N3O3S. The predicted octanol–water partition coefficient (Wildman–Crippen LogP) is 3.78. The minimum absolute atomic E-state index is 0.00617. The van der Waals surface area contributed by atoms with Crippen LogP contribution in [0.25, 0.3) is 10.9 Å². The Kier molecular flexibility index (Phi) is 5.59. The van der Waals surface area contributed by atoms with E-state index in [1.165, 1.54) is 31.0 Å². The summed E-state index contributed by atoms with van der Waals surface area (Å²) in [6, 6.07) is 7.22. The number of hydrogen-bond acceptors (Lipinski definition) is 5. The van der Waals surface area contributed by atoms with Gasteiger partial charge in [0.2, 0.25) is 5.91 Å². The van der Waals surface area contributed by atoms with Crippen molar-refractivity contribution in [1.82, 2.24) is 14.9 Å². The average molecular weight is 442 g/mol. The minimum atomic E-state index is -0.164. The van der Waals surface area contributed by atoms with E-state index in [0.29, 0.717) is 22.7 Å². The second kappa shape index (κ2) is 8.24. The lowest BCUT2D eigenvalue weighted by molar-refractivity contribution is -0.124. The molecule has 1 aromatic heterocycles. The number of nitrogens with zero attached hydrogens (tertiary/aromatic N) is 2. The summed E-state index contributed by atoms with van der Waals surface area (Å²) in [6.07, 6.45) is 7.48. The molecule has 6 nitrogen and oxygen atoms in total. The highest BCUT2D eigenvalue weighted by molar-refractivity contribution is 7.99. The summed E-state index contributed by atoms with van der Waals surface area (Å²) >= 11 is 1.35. The number of para-hydroxylation sites is 1. The Morgan fingerprint density at radius 3 is 2.52 bits per heavy atom. The van der Waals surface area contributed by atoms with Crippen LogP contribution < -0.4 is 10.9 Å². The number of fused-ring (bicyclic) bond motifs is 1. The van der Waals surface area contributed by atoms with Crippen LogP contribution in [0.1, 0.15) is 51.5 Å². The molecule has 166 valence electrons. The summed E-state index contributed by atoms with van der Waals surface area (Å²) < 4.78 is 6.96. The van der Waals surface area contributed by atoms with E-state index < -0.39 is 0 Å². The molecule has 1 atom stereocenters. The van der Waals surface area contributed by atoms with Gasteiger partial charge in [0.15, 0.2) is 5.16 Å². The summed E-state index contributed by atoms with van der Waals surface area (Å²) in [5.41, 5.74) is 0.586. The SMILES string of the molecule is COCC(C)n1c(SCC(=O)NC23CC4CC(CC(C4)C2)C3)nc2ccccc2c1=O. The van der Waals surface area contributed by atoms with Gasteiger partial charge < -0.3 is 10.1 Å². The van der Waals surface area contributed by atoms with Gasteiger partial charge in [0.25, 0.3) is 5.56 Å². The number of rotatable bonds is 7. The molecule has 0 radical (unpaired) electrons. The third kappa shape index (κ3) is 4.02. The summed E-state index contributed by atoms with van der Waals surface area (Å²) in [7, 11) is 1.63. The molecular weight excluding hydrogens is 410 g/mol. The van der Waals surface area contributed by atoms with E-state index >= 15 is 0 Å². The number of carbonyl (C=O) groups is 1. The molecule has 6 rings (SSSR count). The number of aromatic nitrogens is 2. The number of hydrogen-bond donors (Lipinski definition) is 1. The van der Waals surface area contributed by atoms with Gasteiger partial charge in [0.1, 0.15) is 0 Å². The number of carbonyl (C=O) groups excluding carboxylic acids is 1. The van der Waals surface area contributed by atoms with Gasteiger partial charge in [0, 0.05) is 12.6 Å². The standard InChI is InChI=1S/C24H31N3O3S/c1-15(13-30-2)27-22(29)19-5-3-4-6-20(19)25-23(27)31-14-21(28)26-24-10-16-7-17(11-24)9-18(8-16)12-24/h3-6,15-18H,7-14H2,1-2H3,(H,26,28). The minimum Gasteiger partial charge on any atom is -0.383 e. The summed E-state index contributed by atoms with van der Waals surface area (Å²) in [6.45, 7) is 2.36. The van der Waals surface area contributed by atoms with Gasteiger partial charge >= 0.3 is 0 Å². The van der Waals surface area contributed by atoms with Crippen LogP contribution in [0.15, 0.2) is 34.2 Å². The topological polar surface area (TPSA) is 73.2 Å². The Labute approximate surface area is 187 Å². The fourth-order valence-electron chi connectivity index (χ4n) is 6.66. The van der Waals surface area contributed by atoms with Gasteiger partial charge in [-0.15, -0.1) is 0 Å². The molecule has 2 aromatic rings. The van der Waals surface area contributed by atoms with Gasteiger partial charge in [0.05, 0.1) is 29.3 Å². The Balaban J connectivity index is 1.35. The molecule has 31 heavy (non-hydrogen) atoms. The van der Waals surface area contributed by atoms with Crippen LogP contribution >= 0.6 is 11.8 Å². The lowest BCUT2D eigenvalue weighted by atomic mass is 9.53. The average Bonchev–Trinajstić information content (AvgIpc) is 2.71. The van der Waals surface area contributed by atoms with Gasteiger partial charge in [-0.25, -0.2) is 4.98 Å². The first kappa shape index (κ1) is 21.0. The molecule has 4 aliphatic carbocycles. The molecule has 4 fully saturated rings. The zero-order valence-corrected chi connectivity index (χ0v) is 19.1. The smallest absolute Gasteiger partial charge is 0.262 e. The van der Waals surface area contributed by atoms with E-state index in [0.717, 1.165) is 37.0 Å². The van der Waals surface area contributed by atoms with E-state index in [9.17, 15) is 9.59 Å². The van der Waals surface area contributed by atoms with Gasteiger partial charge in [-0.2, -0.15) is 0 Å². The van der Waals surface area contributed by atoms with Crippen LogP contribution in [0.5, 0.6) is 0 Å². The first-order valence-corrected chi connectivity index (χ1v) is 12.4. The number of amides is 1. The first-order valence-electron chi connectivity index (χ1n) is 11.4. The van der Waals surface area contributed by atoms with Crippen LogP contribution in [0, 0.1) is 17.8 Å². The Morgan fingerprint density at radius 1 is 1.23 bits per heavy atom. The van der Waals surface area contributed by atoms with Gasteiger partial charge in [-0.3, -0.25) is 14.2 Å². The molecule has 1 unspecified atom stereocenters. The lowest BCUT2D eigenvalue weighted by Crippen LogP contribution is -2.60. The predicted molar refractivity (Wildman–Crippen MR) is 122 cm³/mol. The molecule has 4 saturated carbocycles. The zero-order valence-electron chi connectivity index (χ0n) is 18.3. The Bertz CT molecular complexity index is 1010. The maximum absolute atomic E-state index is 13.2. The van der Waals surface area contributed by atoms with Crippen molar-refractivity contribution in [3.8, 4) is 0 Å². The first-order chi connectivity index (χ1) is 15.0. The molecule has 1 heterocycles. The van der Waals surface area contributed by atoms with Gasteiger partial charge in [-0.1, -0.05) is 23.9 Å². The third-order valence-corrected chi connectivity index (χ3v) is 8.35. The van der Waals surface area contributed by atoms with Crippen LogP contribution in [-0.4, -0.2) is 40.5 Å². The van der Waals surface area contributed by atoms with E-state index in [1.807, 2.05) is 25.1 Å². The van der Waals surface area contributed by atoms with Crippen molar-refractivity contribution in [2.45, 2.75) is 62.2 Å². The van der Waals surface area contributed by atoms with Crippen molar-refractivity contribution in [3.05, 3.63) is 34.6 Å². The maximum Gasteiger partial charge on any atom is 0.262 e. The van der Waals surface area contributed by atoms with E-state index in [2.05, 4.69) is 5.32 Å². The van der Waals surface area contributed by atoms with Crippen LogP contribution in [0.2, 0.25) is 0 Å². The molecule has 1 aromatic carbocycles. The van der Waals surface area contributed by atoms with Crippen molar-refractivity contribution in [1.29, 1.82) is 0 Å². The quantitative estimate of drug-likeness (QED) is 0.523. The largest absolute Gasteiger partial charge is 0.383 e. The van der Waals surface area contributed by atoms with Crippen molar-refractivity contribution >= 4 is 28.6 Å². The number of nitrogens with one attached hydrogen (secondary N) is 1. The van der Waals surface area contributed by atoms with Gasteiger partial charge in [-0.05, 0) is 75.3 Å². The molecule has 0 saturated heterocycles. The summed E-state index contributed by atoms with van der Waals surface area (Å²) in [5.74, 6) is 2.70. The van der Waals surface area contributed by atoms with Crippen LogP contribution in [-0.2, 0) is 9.53 Å². The van der Waals surface area contributed by atoms with Crippen molar-refractivity contribution in [3.63, 3.8) is 0 Å². The molecule has 1 amide bonds. The van der Waals surface area contributed by atoms with Crippen molar-refractivity contribution < 1.29 is 9.53 Å². The molecule has 4 bridgehead atoms. The number of benzene rings is 1. The number of methoxy groups -OCH3 is 1. The van der Waals surface area contributed by atoms with E-state index in [4.69, 9.17) is 9.72 Å². The fourth-order valence-corrected chi connectivity index (χ4v) is 7.55. The highest BCUT2D eigenvalue weighted by Gasteiger charge is 2.51. The molecule has 1 N–H and O–H groups in total. The summed E-state index contributed by atoms with van der Waals surface area (Å²) in [5, 5.41) is 4.59. The van der Waals surface area contributed by atoms with Crippen LogP contribution in [0.3, 0.4) is 0 Å². The Morgan fingerprint density at radius 2 is 1.87 bits per heavy atom. The van der Waals surface area contributed by atoms with E-state index in [-0.39, 0.29) is 28.8 Å². The molecule has 0 spiro atoms. The maximum atomic E-state index is 13.2. The molecule has 0 aliphatic heterocycles. The highest BCUT2D eigenvalue weighted by Crippen LogP contribution is 2.55. The molecule has 4 aliphatic rings. The van der Waals surface area contributed by atoms with E-state index in [1.54, 1.807) is 17.7 Å². The normalized spacial score (nSPS) is 29.9. The fraction of sp³-hybridized carbons (Fsp3) is 0.625. The van der Waals surface area contributed by atoms with Crippen molar-refractivity contribution in [2.24, 2.45) is 17.8 Å². The second-order valence-corrected chi connectivity index (χ2v) is 10.9. The van der Waals surface area contributed by atoms with Crippen molar-refractivity contribution in [2.75, 3.05) is 19.5 Å². The summed E-state index contributed by atoms with van der Waals surface area (Å²) in [4.78, 5) is 30.9.